The SMILES string of the molecule is O=C(c1ccoc1)N1CCOC2(CCN(C(=O)c3cn4ccsc4n3)CC2)C1. The summed E-state index contributed by atoms with van der Waals surface area (Å²) in [4.78, 5) is 34.3. The van der Waals surface area contributed by atoms with Crippen LogP contribution in [-0.4, -0.2) is 69.4 Å². The van der Waals surface area contributed by atoms with Crippen molar-refractivity contribution in [3.8, 4) is 0 Å². The van der Waals surface area contributed by atoms with Crippen LogP contribution in [0.15, 0.2) is 40.8 Å². The van der Waals surface area contributed by atoms with Crippen LogP contribution in [0.4, 0.5) is 0 Å². The van der Waals surface area contributed by atoms with Gasteiger partial charge in [0.2, 0.25) is 0 Å². The molecular formula is C19H20N4O4S. The number of ether oxygens (including phenoxy) is 1. The maximum atomic E-state index is 12.8. The lowest BCUT2D eigenvalue weighted by atomic mass is 9.89. The summed E-state index contributed by atoms with van der Waals surface area (Å²) >= 11 is 1.51. The lowest BCUT2D eigenvalue weighted by molar-refractivity contribution is -0.123. The first-order chi connectivity index (χ1) is 13.6. The van der Waals surface area contributed by atoms with Crippen LogP contribution in [0.3, 0.4) is 0 Å². The molecule has 2 aliphatic rings. The van der Waals surface area contributed by atoms with E-state index >= 15 is 0 Å². The molecule has 0 atom stereocenters. The summed E-state index contributed by atoms with van der Waals surface area (Å²) < 4.78 is 13.0. The Hall–Kier alpha value is -2.65. The van der Waals surface area contributed by atoms with Crippen LogP contribution in [0.2, 0.25) is 0 Å². The third-order valence-electron chi connectivity index (χ3n) is 5.58. The number of carbonyl (C=O) groups is 2. The van der Waals surface area contributed by atoms with Gasteiger partial charge in [0.15, 0.2) is 4.96 Å². The molecule has 0 saturated carbocycles. The molecule has 2 aliphatic heterocycles. The van der Waals surface area contributed by atoms with Crippen molar-refractivity contribution >= 4 is 28.1 Å². The summed E-state index contributed by atoms with van der Waals surface area (Å²) in [6, 6.07) is 1.68. The van der Waals surface area contributed by atoms with Crippen LogP contribution in [0, 0.1) is 0 Å². The number of carbonyl (C=O) groups excluding carboxylic acids is 2. The van der Waals surface area contributed by atoms with Crippen LogP contribution in [0.1, 0.15) is 33.7 Å². The van der Waals surface area contributed by atoms with E-state index in [1.807, 2.05) is 25.8 Å². The van der Waals surface area contributed by atoms with Crippen molar-refractivity contribution in [3.05, 3.63) is 47.6 Å². The van der Waals surface area contributed by atoms with Crippen molar-refractivity contribution in [2.75, 3.05) is 32.8 Å². The van der Waals surface area contributed by atoms with E-state index in [0.29, 0.717) is 56.9 Å². The molecule has 2 amide bonds. The summed E-state index contributed by atoms with van der Waals surface area (Å²) in [6.45, 7) is 2.81. The van der Waals surface area contributed by atoms with Gasteiger partial charge >= 0.3 is 0 Å². The number of hydrogen-bond donors (Lipinski definition) is 0. The van der Waals surface area contributed by atoms with E-state index in [9.17, 15) is 9.59 Å². The van der Waals surface area contributed by atoms with Gasteiger partial charge in [-0.25, -0.2) is 4.98 Å². The van der Waals surface area contributed by atoms with Crippen LogP contribution in [0.5, 0.6) is 0 Å². The first-order valence-corrected chi connectivity index (χ1v) is 10.2. The van der Waals surface area contributed by atoms with E-state index in [2.05, 4.69) is 4.98 Å². The van der Waals surface area contributed by atoms with Crippen molar-refractivity contribution in [1.29, 1.82) is 0 Å². The Morgan fingerprint density at radius 2 is 2.00 bits per heavy atom. The van der Waals surface area contributed by atoms with Crippen LogP contribution in [-0.2, 0) is 4.74 Å². The second kappa shape index (κ2) is 6.75. The van der Waals surface area contributed by atoms with Crippen molar-refractivity contribution in [2.45, 2.75) is 18.4 Å². The fraction of sp³-hybridized carbons (Fsp3) is 0.421. The third kappa shape index (κ3) is 3.00. The molecule has 5 rings (SSSR count). The number of nitrogens with zero attached hydrogens (tertiary/aromatic N) is 4. The number of hydrogen-bond acceptors (Lipinski definition) is 6. The zero-order valence-corrected chi connectivity index (χ0v) is 16.1. The molecule has 3 aromatic rings. The van der Waals surface area contributed by atoms with E-state index in [1.165, 1.54) is 23.9 Å². The topological polar surface area (TPSA) is 80.3 Å². The average Bonchev–Trinajstić information content (AvgIpc) is 3.45. The van der Waals surface area contributed by atoms with Gasteiger partial charge in [0.05, 0.1) is 30.6 Å². The highest BCUT2D eigenvalue weighted by Gasteiger charge is 2.42. The number of fused-ring (bicyclic) bond motifs is 1. The summed E-state index contributed by atoms with van der Waals surface area (Å²) in [5.41, 5.74) is 0.650. The number of morpholine rings is 1. The molecule has 9 heteroatoms. The Morgan fingerprint density at radius 1 is 1.14 bits per heavy atom. The van der Waals surface area contributed by atoms with Gasteiger partial charge < -0.3 is 19.0 Å². The molecule has 0 radical (unpaired) electrons. The number of furan rings is 1. The fourth-order valence-corrected chi connectivity index (χ4v) is 4.70. The molecule has 0 bridgehead atoms. The maximum absolute atomic E-state index is 12.8. The molecule has 3 aromatic heterocycles. The van der Waals surface area contributed by atoms with Crippen LogP contribution >= 0.6 is 11.3 Å². The minimum Gasteiger partial charge on any atom is -0.472 e. The number of imidazole rings is 1. The largest absolute Gasteiger partial charge is 0.472 e. The number of amides is 2. The van der Waals surface area contributed by atoms with E-state index in [1.54, 1.807) is 12.3 Å². The summed E-state index contributed by atoms with van der Waals surface area (Å²) in [7, 11) is 0. The highest BCUT2D eigenvalue weighted by molar-refractivity contribution is 7.15. The molecule has 0 N–H and O–H groups in total. The highest BCUT2D eigenvalue weighted by atomic mass is 32.1. The summed E-state index contributed by atoms with van der Waals surface area (Å²) in [5, 5.41) is 1.94. The van der Waals surface area contributed by atoms with Gasteiger partial charge in [0, 0.05) is 37.4 Å². The van der Waals surface area contributed by atoms with Gasteiger partial charge in [-0.1, -0.05) is 0 Å². The summed E-state index contributed by atoms with van der Waals surface area (Å²) in [5.74, 6) is -0.0825. The van der Waals surface area contributed by atoms with Gasteiger partial charge in [0.1, 0.15) is 12.0 Å². The van der Waals surface area contributed by atoms with Gasteiger partial charge in [0.25, 0.3) is 11.8 Å². The number of likely N-dealkylation sites (tertiary alicyclic amines) is 1. The predicted molar refractivity (Wildman–Crippen MR) is 102 cm³/mol. The first kappa shape index (κ1) is 17.4. The minimum absolute atomic E-state index is 0.0342. The molecule has 8 nitrogen and oxygen atoms in total. The highest BCUT2D eigenvalue weighted by Crippen LogP contribution is 2.31. The average molecular weight is 400 g/mol. The number of thiazole rings is 1. The third-order valence-corrected chi connectivity index (χ3v) is 6.35. The Morgan fingerprint density at radius 3 is 2.75 bits per heavy atom. The zero-order chi connectivity index (χ0) is 19.1. The van der Waals surface area contributed by atoms with Crippen molar-refractivity contribution in [1.82, 2.24) is 19.2 Å². The van der Waals surface area contributed by atoms with E-state index in [-0.39, 0.29) is 17.4 Å². The molecule has 28 heavy (non-hydrogen) atoms. The van der Waals surface area contributed by atoms with E-state index in [0.717, 1.165) is 4.96 Å². The Labute approximate surface area is 165 Å². The van der Waals surface area contributed by atoms with Gasteiger partial charge in [-0.3, -0.25) is 14.0 Å². The van der Waals surface area contributed by atoms with Crippen molar-refractivity contribution in [3.63, 3.8) is 0 Å². The molecular weight excluding hydrogens is 380 g/mol. The number of rotatable bonds is 2. The van der Waals surface area contributed by atoms with Gasteiger partial charge in [-0.15, -0.1) is 11.3 Å². The monoisotopic (exact) mass is 400 g/mol. The normalized spacial score (nSPS) is 19.4. The first-order valence-electron chi connectivity index (χ1n) is 9.30. The van der Waals surface area contributed by atoms with Crippen LogP contribution in [0.25, 0.3) is 4.96 Å². The van der Waals surface area contributed by atoms with E-state index < -0.39 is 0 Å². The molecule has 5 heterocycles. The van der Waals surface area contributed by atoms with Gasteiger partial charge in [-0.05, 0) is 18.9 Å². The molecule has 2 saturated heterocycles. The molecule has 0 aromatic carbocycles. The number of piperidine rings is 1. The Kier molecular flexibility index (Phi) is 4.21. The van der Waals surface area contributed by atoms with Crippen molar-refractivity contribution < 1.29 is 18.7 Å². The maximum Gasteiger partial charge on any atom is 0.274 e. The van der Waals surface area contributed by atoms with E-state index in [4.69, 9.17) is 9.15 Å². The zero-order valence-electron chi connectivity index (χ0n) is 15.2. The Bertz CT molecular complexity index is 972. The fourth-order valence-electron chi connectivity index (χ4n) is 4.00. The molecule has 1 spiro atoms. The summed E-state index contributed by atoms with van der Waals surface area (Å²) in [6.07, 6.45) is 8.07. The quantitative estimate of drug-likeness (QED) is 0.658. The minimum atomic E-state index is -0.386. The number of aromatic nitrogens is 2. The second-order valence-corrected chi connectivity index (χ2v) is 8.15. The predicted octanol–water partition coefficient (Wildman–Crippen LogP) is 2.14. The lowest BCUT2D eigenvalue weighted by Crippen LogP contribution is -2.58. The molecule has 0 aliphatic carbocycles. The Balaban J connectivity index is 1.25. The standard InChI is InChI=1S/C19H20N4O4S/c24-16(14-1-8-26-12-14)23-6-9-27-19(13-23)2-4-21(5-3-19)17(25)15-11-22-7-10-28-18(22)20-15/h1,7-8,10-12H,2-6,9,13H2. The molecule has 0 unspecified atom stereocenters. The van der Waals surface area contributed by atoms with Crippen molar-refractivity contribution in [2.24, 2.45) is 0 Å². The van der Waals surface area contributed by atoms with Crippen LogP contribution < -0.4 is 0 Å². The second-order valence-electron chi connectivity index (χ2n) is 7.28. The van der Waals surface area contributed by atoms with Gasteiger partial charge in [-0.2, -0.15) is 0 Å². The molecule has 2 fully saturated rings. The lowest BCUT2D eigenvalue weighted by Gasteiger charge is -2.47. The smallest absolute Gasteiger partial charge is 0.274 e. The molecule has 146 valence electrons.